The number of carbonyl (C=O) groups is 2. The molecular weight excluding hydrogens is 547 g/mol. The van der Waals surface area contributed by atoms with Gasteiger partial charge in [-0.2, -0.15) is 0 Å². The maximum Gasteiger partial charge on any atom is 0.347 e. The van der Waals surface area contributed by atoms with Crippen molar-refractivity contribution in [2.45, 2.75) is 32.0 Å². The van der Waals surface area contributed by atoms with Gasteiger partial charge in [0.15, 0.2) is 0 Å². The maximum absolute atomic E-state index is 13.8. The van der Waals surface area contributed by atoms with E-state index in [1.807, 2.05) is 68.4 Å². The number of aryl methyl sites for hydroxylation is 2. The van der Waals surface area contributed by atoms with Gasteiger partial charge < -0.3 is 14.7 Å². The average Bonchev–Trinajstić information content (AvgIpc) is 3.04. The lowest BCUT2D eigenvalue weighted by Crippen LogP contribution is -2.58. The smallest absolute Gasteiger partial charge is 0.347 e. The molecular formula is C32H28Cl2N2O4. The molecule has 1 amide bonds. The molecule has 0 unspecified atom stereocenters. The minimum absolute atomic E-state index is 0.108. The van der Waals surface area contributed by atoms with Crippen LogP contribution in [0.2, 0.25) is 10.0 Å². The number of rotatable bonds is 7. The number of carboxylic acid groups (broad SMARTS) is 1. The largest absolute Gasteiger partial charge is 0.478 e. The number of fused-ring (bicyclic) bond motifs is 1. The van der Waals surface area contributed by atoms with E-state index in [1.165, 1.54) is 0 Å². The van der Waals surface area contributed by atoms with Crippen molar-refractivity contribution in [1.82, 2.24) is 5.32 Å². The standard InChI is InChI=1S/C32H28Cl2N2O4/c1-20-15-21(2)17-23(16-20)40-30(31(38)39)32(22-9-4-3-5-10-22)25-11-6-7-14-28(25)36(29(37)18-35-32)19-24-26(33)12-8-13-27(24)34/h3-17,30,35H,18-19H2,1-2H3,(H,38,39)/t30-,32+/m1/s1. The number of nitrogens with zero attached hydrogens (tertiary/aromatic N) is 1. The van der Waals surface area contributed by atoms with Gasteiger partial charge in [0, 0.05) is 26.9 Å². The molecule has 1 aliphatic heterocycles. The number of hydrogen-bond acceptors (Lipinski definition) is 4. The molecule has 0 aliphatic carbocycles. The van der Waals surface area contributed by atoms with Crippen LogP contribution in [-0.4, -0.2) is 29.6 Å². The highest BCUT2D eigenvalue weighted by Gasteiger charge is 2.51. The number of halogens is 2. The lowest BCUT2D eigenvalue weighted by atomic mass is 9.77. The molecule has 1 aliphatic rings. The van der Waals surface area contributed by atoms with Crippen LogP contribution in [0.5, 0.6) is 5.75 Å². The molecule has 0 bridgehead atoms. The topological polar surface area (TPSA) is 78.9 Å². The summed E-state index contributed by atoms with van der Waals surface area (Å²) in [4.78, 5) is 28.5. The zero-order valence-corrected chi connectivity index (χ0v) is 23.5. The third-order valence-electron chi connectivity index (χ3n) is 7.11. The van der Waals surface area contributed by atoms with Crippen LogP contribution in [0.25, 0.3) is 0 Å². The normalized spacial score (nSPS) is 17.6. The minimum Gasteiger partial charge on any atom is -0.478 e. The van der Waals surface area contributed by atoms with Crippen LogP contribution in [0, 0.1) is 13.8 Å². The number of carbonyl (C=O) groups excluding carboxylic acids is 1. The number of ether oxygens (including phenoxy) is 1. The second-order valence-corrected chi connectivity index (χ2v) is 10.7. The van der Waals surface area contributed by atoms with Gasteiger partial charge in [-0.3, -0.25) is 10.1 Å². The van der Waals surface area contributed by atoms with Crippen LogP contribution in [0.3, 0.4) is 0 Å². The Morgan fingerprint density at radius 1 is 0.950 bits per heavy atom. The number of carboxylic acids is 1. The Morgan fingerprint density at radius 3 is 2.23 bits per heavy atom. The van der Waals surface area contributed by atoms with E-state index in [-0.39, 0.29) is 19.0 Å². The fourth-order valence-electron chi connectivity index (χ4n) is 5.40. The number of para-hydroxylation sites is 1. The van der Waals surface area contributed by atoms with Gasteiger partial charge >= 0.3 is 5.97 Å². The monoisotopic (exact) mass is 574 g/mol. The van der Waals surface area contributed by atoms with E-state index in [2.05, 4.69) is 5.32 Å². The Labute approximate surface area is 243 Å². The van der Waals surface area contributed by atoms with Crippen LogP contribution >= 0.6 is 23.2 Å². The van der Waals surface area contributed by atoms with Gasteiger partial charge in [-0.1, -0.05) is 83.9 Å². The molecule has 4 aromatic rings. The van der Waals surface area contributed by atoms with Crippen LogP contribution in [0.15, 0.2) is 91.0 Å². The highest BCUT2D eigenvalue weighted by atomic mass is 35.5. The van der Waals surface area contributed by atoms with Crippen LogP contribution in [0.4, 0.5) is 5.69 Å². The number of aliphatic carboxylic acids is 1. The zero-order valence-electron chi connectivity index (χ0n) is 22.0. The molecule has 0 radical (unpaired) electrons. The molecule has 8 heteroatoms. The Kier molecular flexibility index (Phi) is 7.86. The van der Waals surface area contributed by atoms with Crippen molar-refractivity contribution >= 4 is 40.8 Å². The first-order chi connectivity index (χ1) is 19.2. The van der Waals surface area contributed by atoms with E-state index in [4.69, 9.17) is 27.9 Å². The Bertz CT molecular complexity index is 1540. The number of anilines is 1. The summed E-state index contributed by atoms with van der Waals surface area (Å²) in [6.07, 6.45) is -1.44. The molecule has 0 spiro atoms. The van der Waals surface area contributed by atoms with E-state index in [0.717, 1.165) is 11.1 Å². The SMILES string of the molecule is Cc1cc(C)cc(O[C@H](C(=O)O)[C@@]2(c3ccccc3)NCC(=O)N(Cc3c(Cl)cccc3Cl)c3ccccc32)c1. The zero-order chi connectivity index (χ0) is 28.4. The quantitative estimate of drug-likeness (QED) is 0.262. The van der Waals surface area contributed by atoms with Crippen molar-refractivity contribution < 1.29 is 19.4 Å². The van der Waals surface area contributed by atoms with Crippen molar-refractivity contribution in [2.24, 2.45) is 0 Å². The first-order valence-electron chi connectivity index (χ1n) is 12.8. The highest BCUT2D eigenvalue weighted by molar-refractivity contribution is 6.36. The van der Waals surface area contributed by atoms with Gasteiger partial charge in [0.1, 0.15) is 11.3 Å². The molecule has 4 aromatic carbocycles. The summed E-state index contributed by atoms with van der Waals surface area (Å²) >= 11 is 13.0. The second-order valence-electron chi connectivity index (χ2n) is 9.88. The van der Waals surface area contributed by atoms with Gasteiger partial charge in [-0.25, -0.2) is 4.79 Å². The minimum atomic E-state index is -1.44. The molecule has 204 valence electrons. The summed E-state index contributed by atoms with van der Waals surface area (Å²) in [5, 5.41) is 14.9. The molecule has 1 heterocycles. The lowest BCUT2D eigenvalue weighted by Gasteiger charge is -2.40. The van der Waals surface area contributed by atoms with Crippen molar-refractivity contribution in [2.75, 3.05) is 11.4 Å². The fraction of sp³-hybridized carbons (Fsp3) is 0.188. The number of hydrogen-bond donors (Lipinski definition) is 2. The number of amides is 1. The van der Waals surface area contributed by atoms with Gasteiger partial charge in [0.25, 0.3) is 0 Å². The highest BCUT2D eigenvalue weighted by Crippen LogP contribution is 2.43. The molecule has 6 nitrogen and oxygen atoms in total. The summed E-state index contributed by atoms with van der Waals surface area (Å²) in [6, 6.07) is 27.3. The van der Waals surface area contributed by atoms with Crippen LogP contribution in [0.1, 0.15) is 27.8 Å². The molecule has 2 N–H and O–H groups in total. The summed E-state index contributed by atoms with van der Waals surface area (Å²) in [6.45, 7) is 3.80. The molecule has 0 saturated carbocycles. The van der Waals surface area contributed by atoms with Crippen molar-refractivity contribution in [3.05, 3.63) is 129 Å². The third-order valence-corrected chi connectivity index (χ3v) is 7.82. The third kappa shape index (κ3) is 5.18. The Hall–Kier alpha value is -3.84. The van der Waals surface area contributed by atoms with Crippen molar-refractivity contribution in [1.29, 1.82) is 0 Å². The summed E-state index contributed by atoms with van der Waals surface area (Å²) in [5.41, 5.74) is 2.81. The molecule has 0 fully saturated rings. The molecule has 0 aromatic heterocycles. The Morgan fingerprint density at radius 2 is 1.57 bits per heavy atom. The molecule has 0 saturated heterocycles. The number of benzene rings is 4. The van der Waals surface area contributed by atoms with Gasteiger partial charge in [-0.05, 0) is 60.9 Å². The fourth-order valence-corrected chi connectivity index (χ4v) is 5.92. The summed E-state index contributed by atoms with van der Waals surface area (Å²) in [5.74, 6) is -1.02. The molecule has 5 rings (SSSR count). The predicted molar refractivity (Wildman–Crippen MR) is 157 cm³/mol. The van der Waals surface area contributed by atoms with Crippen LogP contribution in [-0.2, 0) is 21.7 Å². The maximum atomic E-state index is 13.8. The van der Waals surface area contributed by atoms with Crippen LogP contribution < -0.4 is 15.0 Å². The lowest BCUT2D eigenvalue weighted by molar-refractivity contribution is -0.149. The van der Waals surface area contributed by atoms with E-state index in [1.54, 1.807) is 41.3 Å². The second kappa shape index (κ2) is 11.3. The first-order valence-corrected chi connectivity index (χ1v) is 13.6. The summed E-state index contributed by atoms with van der Waals surface area (Å²) in [7, 11) is 0. The van der Waals surface area contributed by atoms with E-state index in [0.29, 0.717) is 38.2 Å². The molecule has 2 atom stereocenters. The first kappa shape index (κ1) is 27.7. The van der Waals surface area contributed by atoms with Gasteiger partial charge in [0.05, 0.1) is 13.1 Å². The van der Waals surface area contributed by atoms with Gasteiger partial charge in [0.2, 0.25) is 12.0 Å². The van der Waals surface area contributed by atoms with E-state index in [9.17, 15) is 14.7 Å². The number of nitrogens with one attached hydrogen (secondary N) is 1. The predicted octanol–water partition coefficient (Wildman–Crippen LogP) is 6.52. The van der Waals surface area contributed by atoms with E-state index < -0.39 is 17.6 Å². The average molecular weight is 575 g/mol. The molecule has 40 heavy (non-hydrogen) atoms. The van der Waals surface area contributed by atoms with E-state index >= 15 is 0 Å². The summed E-state index contributed by atoms with van der Waals surface area (Å²) < 4.78 is 6.34. The Balaban J connectivity index is 1.73. The van der Waals surface area contributed by atoms with Gasteiger partial charge in [-0.15, -0.1) is 0 Å². The van der Waals surface area contributed by atoms with Crippen molar-refractivity contribution in [3.8, 4) is 5.75 Å². The van der Waals surface area contributed by atoms with Crippen molar-refractivity contribution in [3.63, 3.8) is 0 Å².